The number of nitrogens with two attached hydrogens (primary N) is 1. The molecule has 1 spiro atoms. The SMILES string of the molecule is C[C@@H]1OCC2(CCN(c3ncc(Sc4ccnc(N5CCCC5CC#N)c4)nc3CO)CC2)[C@@H]1N. The van der Waals surface area contributed by atoms with Crippen molar-refractivity contribution in [2.45, 2.75) is 73.7 Å². The maximum absolute atomic E-state index is 10.1. The number of aliphatic hydroxyl groups excluding tert-OH is 1. The summed E-state index contributed by atoms with van der Waals surface area (Å²) in [7, 11) is 0. The van der Waals surface area contributed by atoms with E-state index in [0.717, 1.165) is 73.5 Å². The predicted octanol–water partition coefficient (Wildman–Crippen LogP) is 2.73. The van der Waals surface area contributed by atoms with Crippen LogP contribution in [0.1, 0.15) is 44.7 Å². The standard InChI is InChI=1S/C25H33N7O2S/c1-17-23(27)25(16-34-17)6-11-31(12-7-25)24-20(15-33)30-22(14-29-24)35-19-5-9-28-21(13-19)32-10-2-3-18(32)4-8-26/h5,9,13-14,17-18,23,33H,2-4,6-7,10-12,15-16,27H2,1H3/t17-,18?,23+/m0/s1. The van der Waals surface area contributed by atoms with Crippen LogP contribution < -0.4 is 15.5 Å². The van der Waals surface area contributed by atoms with Gasteiger partial charge in [0, 0.05) is 48.2 Å². The number of pyridine rings is 1. The van der Waals surface area contributed by atoms with Crippen molar-refractivity contribution < 1.29 is 9.84 Å². The minimum Gasteiger partial charge on any atom is -0.390 e. The average molecular weight is 496 g/mol. The number of ether oxygens (including phenoxy) is 1. The topological polar surface area (TPSA) is 124 Å². The fourth-order valence-electron chi connectivity index (χ4n) is 5.65. The van der Waals surface area contributed by atoms with E-state index in [-0.39, 0.29) is 30.2 Å². The Bertz CT molecular complexity index is 1090. The van der Waals surface area contributed by atoms with E-state index >= 15 is 0 Å². The monoisotopic (exact) mass is 495 g/mol. The van der Waals surface area contributed by atoms with Gasteiger partial charge < -0.3 is 25.4 Å². The van der Waals surface area contributed by atoms with Gasteiger partial charge in [0.25, 0.3) is 0 Å². The van der Waals surface area contributed by atoms with Gasteiger partial charge in [0.05, 0.1) is 38.0 Å². The van der Waals surface area contributed by atoms with Gasteiger partial charge in [0.2, 0.25) is 0 Å². The zero-order chi connectivity index (χ0) is 24.4. The predicted molar refractivity (Wildman–Crippen MR) is 134 cm³/mol. The summed E-state index contributed by atoms with van der Waals surface area (Å²) in [5, 5.41) is 19.9. The molecule has 3 aliphatic rings. The summed E-state index contributed by atoms with van der Waals surface area (Å²) in [6.07, 6.45) is 8.20. The molecule has 3 aliphatic heterocycles. The maximum atomic E-state index is 10.1. The van der Waals surface area contributed by atoms with Gasteiger partial charge in [-0.25, -0.2) is 15.0 Å². The zero-order valence-corrected chi connectivity index (χ0v) is 21.0. The summed E-state index contributed by atoms with van der Waals surface area (Å²) >= 11 is 1.51. The Morgan fingerprint density at radius 1 is 1.31 bits per heavy atom. The Kier molecular flexibility index (Phi) is 7.12. The van der Waals surface area contributed by atoms with E-state index in [2.05, 4.69) is 27.8 Å². The highest BCUT2D eigenvalue weighted by Crippen LogP contribution is 2.42. The highest BCUT2D eigenvalue weighted by Gasteiger charge is 2.47. The number of aromatic nitrogens is 3. The van der Waals surface area contributed by atoms with Crippen molar-refractivity contribution in [2.24, 2.45) is 11.1 Å². The van der Waals surface area contributed by atoms with Crippen molar-refractivity contribution in [2.75, 3.05) is 36.0 Å². The minimum atomic E-state index is -0.163. The molecular formula is C25H33N7O2S. The maximum Gasteiger partial charge on any atom is 0.152 e. The van der Waals surface area contributed by atoms with Crippen molar-refractivity contribution in [1.82, 2.24) is 15.0 Å². The van der Waals surface area contributed by atoms with Crippen LogP contribution in [-0.2, 0) is 11.3 Å². The highest BCUT2D eigenvalue weighted by molar-refractivity contribution is 7.99. The van der Waals surface area contributed by atoms with Gasteiger partial charge in [-0.1, -0.05) is 11.8 Å². The first-order valence-electron chi connectivity index (χ1n) is 12.4. The molecular weight excluding hydrogens is 462 g/mol. The van der Waals surface area contributed by atoms with Crippen molar-refractivity contribution in [3.63, 3.8) is 0 Å². The first-order valence-corrected chi connectivity index (χ1v) is 13.2. The average Bonchev–Trinajstić information content (AvgIpc) is 3.46. The van der Waals surface area contributed by atoms with Crippen molar-refractivity contribution in [3.05, 3.63) is 30.2 Å². The fourth-order valence-corrected chi connectivity index (χ4v) is 6.45. The van der Waals surface area contributed by atoms with Gasteiger partial charge in [-0.05, 0) is 44.7 Å². The van der Waals surface area contributed by atoms with E-state index in [9.17, 15) is 5.11 Å². The summed E-state index contributed by atoms with van der Waals surface area (Å²) < 4.78 is 5.84. The van der Waals surface area contributed by atoms with Gasteiger partial charge in [0.1, 0.15) is 16.5 Å². The molecule has 0 radical (unpaired) electrons. The number of rotatable bonds is 6. The van der Waals surface area contributed by atoms with Crippen LogP contribution in [0.15, 0.2) is 34.4 Å². The third-order valence-corrected chi connectivity index (χ3v) is 8.69. The van der Waals surface area contributed by atoms with E-state index in [4.69, 9.17) is 25.7 Å². The van der Waals surface area contributed by atoms with Gasteiger partial charge in [-0.2, -0.15) is 5.26 Å². The second-order valence-corrected chi connectivity index (χ2v) is 10.9. The smallest absolute Gasteiger partial charge is 0.152 e. The third-order valence-electron chi connectivity index (χ3n) is 7.79. The Hall–Kier alpha value is -2.45. The number of hydrogen-bond donors (Lipinski definition) is 2. The molecule has 3 fully saturated rings. The summed E-state index contributed by atoms with van der Waals surface area (Å²) in [5.74, 6) is 1.64. The van der Waals surface area contributed by atoms with Crippen LogP contribution in [0.25, 0.3) is 0 Å². The molecule has 2 aromatic rings. The number of piperidine rings is 1. The van der Waals surface area contributed by atoms with E-state index in [1.165, 1.54) is 11.8 Å². The molecule has 5 heterocycles. The number of anilines is 2. The molecule has 3 N–H and O–H groups in total. The number of hydrogen-bond acceptors (Lipinski definition) is 10. The second kappa shape index (κ2) is 10.3. The van der Waals surface area contributed by atoms with Crippen LogP contribution in [-0.4, -0.2) is 64.5 Å². The number of nitrogens with zero attached hydrogens (tertiary/aromatic N) is 6. The first kappa shape index (κ1) is 24.3. The molecule has 3 saturated heterocycles. The third kappa shape index (κ3) is 4.83. The Morgan fingerprint density at radius 3 is 2.86 bits per heavy atom. The molecule has 186 valence electrons. The number of aliphatic hydroxyl groups is 1. The second-order valence-electron chi connectivity index (χ2n) is 9.83. The van der Waals surface area contributed by atoms with E-state index in [1.807, 2.05) is 12.1 Å². The quantitative estimate of drug-likeness (QED) is 0.618. The lowest BCUT2D eigenvalue weighted by Crippen LogP contribution is -2.51. The highest BCUT2D eigenvalue weighted by atomic mass is 32.2. The molecule has 1 unspecified atom stereocenters. The van der Waals surface area contributed by atoms with Crippen LogP contribution >= 0.6 is 11.8 Å². The van der Waals surface area contributed by atoms with Crippen LogP contribution in [0.5, 0.6) is 0 Å². The summed E-state index contributed by atoms with van der Waals surface area (Å²) in [5.41, 5.74) is 7.09. The molecule has 35 heavy (non-hydrogen) atoms. The van der Waals surface area contributed by atoms with E-state index in [0.29, 0.717) is 12.1 Å². The largest absolute Gasteiger partial charge is 0.390 e. The van der Waals surface area contributed by atoms with Gasteiger partial charge in [-0.3, -0.25) is 0 Å². The van der Waals surface area contributed by atoms with Crippen molar-refractivity contribution in [1.29, 1.82) is 5.26 Å². The van der Waals surface area contributed by atoms with Crippen molar-refractivity contribution in [3.8, 4) is 6.07 Å². The Balaban J connectivity index is 1.28. The molecule has 3 atom stereocenters. The van der Waals surface area contributed by atoms with Crippen molar-refractivity contribution >= 4 is 23.4 Å². The van der Waals surface area contributed by atoms with Gasteiger partial charge in [0.15, 0.2) is 5.82 Å². The molecule has 2 aromatic heterocycles. The lowest BCUT2D eigenvalue weighted by Gasteiger charge is -2.41. The van der Waals surface area contributed by atoms with Gasteiger partial charge >= 0.3 is 0 Å². The van der Waals surface area contributed by atoms with E-state index in [1.54, 1.807) is 12.4 Å². The van der Waals surface area contributed by atoms with Crippen LogP contribution in [0.3, 0.4) is 0 Å². The number of nitriles is 1. The lowest BCUT2D eigenvalue weighted by molar-refractivity contribution is 0.0973. The molecule has 0 aromatic carbocycles. The molecule has 0 saturated carbocycles. The normalized spacial score (nSPS) is 25.8. The molecule has 9 nitrogen and oxygen atoms in total. The molecule has 0 aliphatic carbocycles. The molecule has 0 bridgehead atoms. The molecule has 5 rings (SSSR count). The van der Waals surface area contributed by atoms with E-state index < -0.39 is 0 Å². The lowest BCUT2D eigenvalue weighted by atomic mass is 9.73. The van der Waals surface area contributed by atoms with Crippen LogP contribution in [0, 0.1) is 16.7 Å². The Labute approximate surface area is 210 Å². The molecule has 0 amide bonds. The zero-order valence-electron chi connectivity index (χ0n) is 20.1. The summed E-state index contributed by atoms with van der Waals surface area (Å²) in [6.45, 7) is 5.18. The van der Waals surface area contributed by atoms with Crippen LogP contribution in [0.4, 0.5) is 11.6 Å². The van der Waals surface area contributed by atoms with Gasteiger partial charge in [-0.15, -0.1) is 0 Å². The fraction of sp³-hybridized carbons (Fsp3) is 0.600. The minimum absolute atomic E-state index is 0.0408. The summed E-state index contributed by atoms with van der Waals surface area (Å²) in [4.78, 5) is 19.4. The van der Waals surface area contributed by atoms with Crippen LogP contribution in [0.2, 0.25) is 0 Å². The first-order chi connectivity index (χ1) is 17.0. The summed E-state index contributed by atoms with van der Waals surface area (Å²) in [6, 6.07) is 6.59. The molecule has 10 heteroatoms. The Morgan fingerprint density at radius 2 is 2.14 bits per heavy atom.